The van der Waals surface area contributed by atoms with E-state index >= 15 is 0 Å². The molecule has 108 valence electrons. The van der Waals surface area contributed by atoms with Gasteiger partial charge in [-0.25, -0.2) is 0 Å². The second kappa shape index (κ2) is 6.28. The quantitative estimate of drug-likeness (QED) is 0.838. The van der Waals surface area contributed by atoms with Crippen LogP contribution in [0.2, 0.25) is 0 Å². The molecule has 2 heterocycles. The van der Waals surface area contributed by atoms with Gasteiger partial charge in [-0.3, -0.25) is 9.78 Å². The maximum Gasteiger partial charge on any atom is 0.272 e. The number of rotatable bonds is 3. The third-order valence-electron chi connectivity index (χ3n) is 3.68. The summed E-state index contributed by atoms with van der Waals surface area (Å²) in [5.74, 6) is -0.0222. The van der Waals surface area contributed by atoms with Crippen LogP contribution in [0.1, 0.15) is 28.9 Å². The van der Waals surface area contributed by atoms with E-state index < -0.39 is 0 Å². The van der Waals surface area contributed by atoms with Crippen molar-refractivity contribution in [1.29, 1.82) is 0 Å². The maximum atomic E-state index is 12.4. The van der Waals surface area contributed by atoms with Crippen molar-refractivity contribution in [3.63, 3.8) is 0 Å². The standard InChI is InChI=1S/C14H20N4OS/c1-17(2)11-4-3-7-18(9-11)14(19)12-6-5-10(8-16-12)13(15)20/h5-6,8,11H,3-4,7,9H2,1-2H3,(H2,15,20). The van der Waals surface area contributed by atoms with E-state index in [0.717, 1.165) is 25.9 Å². The third-order valence-corrected chi connectivity index (χ3v) is 3.92. The largest absolute Gasteiger partial charge is 0.389 e. The maximum absolute atomic E-state index is 12.4. The minimum Gasteiger partial charge on any atom is -0.389 e. The topological polar surface area (TPSA) is 62.5 Å². The van der Waals surface area contributed by atoms with Crippen LogP contribution >= 0.6 is 12.2 Å². The number of hydrogen-bond donors (Lipinski definition) is 1. The zero-order valence-electron chi connectivity index (χ0n) is 11.9. The van der Waals surface area contributed by atoms with E-state index in [-0.39, 0.29) is 5.91 Å². The smallest absolute Gasteiger partial charge is 0.272 e. The average Bonchev–Trinajstić information content (AvgIpc) is 2.46. The summed E-state index contributed by atoms with van der Waals surface area (Å²) >= 11 is 4.88. The van der Waals surface area contributed by atoms with Gasteiger partial charge in [-0.15, -0.1) is 0 Å². The fourth-order valence-corrected chi connectivity index (χ4v) is 2.51. The van der Waals surface area contributed by atoms with E-state index in [4.69, 9.17) is 18.0 Å². The van der Waals surface area contributed by atoms with Crippen molar-refractivity contribution in [2.45, 2.75) is 18.9 Å². The molecule has 0 bridgehead atoms. The van der Waals surface area contributed by atoms with Crippen molar-refractivity contribution in [3.8, 4) is 0 Å². The summed E-state index contributed by atoms with van der Waals surface area (Å²) in [6, 6.07) is 3.86. The molecular weight excluding hydrogens is 272 g/mol. The van der Waals surface area contributed by atoms with E-state index in [1.807, 2.05) is 19.0 Å². The molecule has 1 fully saturated rings. The molecule has 1 atom stereocenters. The van der Waals surface area contributed by atoms with Crippen molar-refractivity contribution in [1.82, 2.24) is 14.8 Å². The number of hydrogen-bond acceptors (Lipinski definition) is 4. The highest BCUT2D eigenvalue weighted by molar-refractivity contribution is 7.80. The lowest BCUT2D eigenvalue weighted by Crippen LogP contribution is -2.47. The first-order chi connectivity index (χ1) is 9.49. The molecule has 6 heteroatoms. The highest BCUT2D eigenvalue weighted by atomic mass is 32.1. The van der Waals surface area contributed by atoms with Crippen LogP contribution in [-0.2, 0) is 0 Å². The van der Waals surface area contributed by atoms with E-state index in [1.54, 1.807) is 18.3 Å². The Morgan fingerprint density at radius 3 is 2.80 bits per heavy atom. The number of carbonyl (C=O) groups excluding carboxylic acids is 1. The predicted molar refractivity (Wildman–Crippen MR) is 82.7 cm³/mol. The monoisotopic (exact) mass is 292 g/mol. The van der Waals surface area contributed by atoms with Crippen LogP contribution in [0.25, 0.3) is 0 Å². The lowest BCUT2D eigenvalue weighted by atomic mass is 10.0. The number of piperidine rings is 1. The second-order valence-corrected chi connectivity index (χ2v) is 5.75. The Bertz CT molecular complexity index is 500. The van der Waals surface area contributed by atoms with Crippen LogP contribution in [0, 0.1) is 0 Å². The van der Waals surface area contributed by atoms with Gasteiger partial charge in [0.1, 0.15) is 10.7 Å². The molecule has 1 aromatic heterocycles. The van der Waals surface area contributed by atoms with Crippen molar-refractivity contribution >= 4 is 23.1 Å². The average molecular weight is 292 g/mol. The molecule has 1 unspecified atom stereocenters. The summed E-state index contributed by atoms with van der Waals surface area (Å²) in [5, 5.41) is 0. The lowest BCUT2D eigenvalue weighted by molar-refractivity contribution is 0.0629. The van der Waals surface area contributed by atoms with Crippen LogP contribution < -0.4 is 5.73 Å². The van der Waals surface area contributed by atoms with E-state index in [1.165, 1.54) is 0 Å². The molecule has 1 aromatic rings. The predicted octanol–water partition coefficient (Wildman–Crippen LogP) is 0.882. The second-order valence-electron chi connectivity index (χ2n) is 5.31. The summed E-state index contributed by atoms with van der Waals surface area (Å²) < 4.78 is 0. The molecule has 5 nitrogen and oxygen atoms in total. The fourth-order valence-electron chi connectivity index (χ4n) is 2.39. The van der Waals surface area contributed by atoms with E-state index in [2.05, 4.69) is 9.88 Å². The zero-order chi connectivity index (χ0) is 14.7. The Morgan fingerprint density at radius 2 is 2.25 bits per heavy atom. The summed E-state index contributed by atoms with van der Waals surface area (Å²) in [6.07, 6.45) is 3.72. The summed E-state index contributed by atoms with van der Waals surface area (Å²) in [4.78, 5) is 20.9. The van der Waals surface area contributed by atoms with Gasteiger partial charge >= 0.3 is 0 Å². The van der Waals surface area contributed by atoms with Crippen molar-refractivity contribution in [2.24, 2.45) is 5.73 Å². The molecular formula is C14H20N4OS. The first-order valence-electron chi connectivity index (χ1n) is 6.70. The first-order valence-corrected chi connectivity index (χ1v) is 7.11. The van der Waals surface area contributed by atoms with Crippen LogP contribution in [0.15, 0.2) is 18.3 Å². The number of amides is 1. The summed E-state index contributed by atoms with van der Waals surface area (Å²) in [6.45, 7) is 1.55. The number of likely N-dealkylation sites (tertiary alicyclic amines) is 1. The van der Waals surface area contributed by atoms with Crippen LogP contribution in [0.4, 0.5) is 0 Å². The lowest BCUT2D eigenvalue weighted by Gasteiger charge is -2.35. The van der Waals surface area contributed by atoms with Gasteiger partial charge in [-0.1, -0.05) is 12.2 Å². The van der Waals surface area contributed by atoms with Gasteiger partial charge in [0, 0.05) is 30.9 Å². The summed E-state index contributed by atoms with van der Waals surface area (Å²) in [7, 11) is 4.10. The van der Waals surface area contributed by atoms with Gasteiger partial charge < -0.3 is 15.5 Å². The van der Waals surface area contributed by atoms with Crippen LogP contribution in [0.3, 0.4) is 0 Å². The van der Waals surface area contributed by atoms with Crippen molar-refractivity contribution < 1.29 is 4.79 Å². The highest BCUT2D eigenvalue weighted by Gasteiger charge is 2.26. The van der Waals surface area contributed by atoms with E-state index in [9.17, 15) is 4.79 Å². The Morgan fingerprint density at radius 1 is 1.50 bits per heavy atom. The number of aromatic nitrogens is 1. The Labute approximate surface area is 124 Å². The molecule has 1 saturated heterocycles. The van der Waals surface area contributed by atoms with Crippen molar-refractivity contribution in [2.75, 3.05) is 27.2 Å². The van der Waals surface area contributed by atoms with Crippen LogP contribution in [-0.4, -0.2) is 58.9 Å². The molecule has 1 aliphatic heterocycles. The normalized spacial score (nSPS) is 19.1. The van der Waals surface area contributed by atoms with Gasteiger partial charge in [-0.2, -0.15) is 0 Å². The van der Waals surface area contributed by atoms with Crippen molar-refractivity contribution in [3.05, 3.63) is 29.6 Å². The molecule has 0 aliphatic carbocycles. The molecule has 2 rings (SSSR count). The molecule has 0 radical (unpaired) electrons. The highest BCUT2D eigenvalue weighted by Crippen LogP contribution is 2.16. The number of carbonyl (C=O) groups is 1. The van der Waals surface area contributed by atoms with Gasteiger partial charge in [0.15, 0.2) is 0 Å². The number of pyridine rings is 1. The minimum atomic E-state index is -0.0222. The molecule has 0 spiro atoms. The van der Waals surface area contributed by atoms with Gasteiger partial charge in [-0.05, 0) is 39.1 Å². The number of likely N-dealkylation sites (N-methyl/N-ethyl adjacent to an activating group) is 1. The molecule has 0 saturated carbocycles. The molecule has 0 aromatic carbocycles. The molecule has 1 aliphatic rings. The fraction of sp³-hybridized carbons (Fsp3) is 0.500. The van der Waals surface area contributed by atoms with E-state index in [0.29, 0.717) is 22.3 Å². The third kappa shape index (κ3) is 3.32. The molecule has 20 heavy (non-hydrogen) atoms. The van der Waals surface area contributed by atoms with Gasteiger partial charge in [0.25, 0.3) is 5.91 Å². The Balaban J connectivity index is 2.08. The minimum absolute atomic E-state index is 0.0222. The zero-order valence-corrected chi connectivity index (χ0v) is 12.7. The number of thiocarbonyl (C=S) groups is 1. The molecule has 2 N–H and O–H groups in total. The van der Waals surface area contributed by atoms with Crippen LogP contribution in [0.5, 0.6) is 0 Å². The number of nitrogens with two attached hydrogens (primary N) is 1. The van der Waals surface area contributed by atoms with Gasteiger partial charge in [0.2, 0.25) is 0 Å². The Hall–Kier alpha value is -1.53. The SMILES string of the molecule is CN(C)C1CCCN(C(=O)c2ccc(C(N)=S)cn2)C1. The first kappa shape index (κ1) is 14.9. The van der Waals surface area contributed by atoms with Gasteiger partial charge in [0.05, 0.1) is 0 Å². The number of nitrogens with zero attached hydrogens (tertiary/aromatic N) is 3. The Kier molecular flexibility index (Phi) is 4.67. The molecule has 1 amide bonds. The summed E-state index contributed by atoms with van der Waals surface area (Å²) in [5.41, 5.74) is 6.66.